The maximum Gasteiger partial charge on any atom is 0.265 e. The van der Waals surface area contributed by atoms with Crippen LogP contribution in [0.15, 0.2) is 0 Å². The third kappa shape index (κ3) is 1.82. The van der Waals surface area contributed by atoms with Gasteiger partial charge < -0.3 is 10.2 Å². The molecule has 11 heavy (non-hydrogen) atoms. The van der Waals surface area contributed by atoms with Crippen LogP contribution < -0.4 is 0 Å². The van der Waals surface area contributed by atoms with E-state index in [1.54, 1.807) is 0 Å². The standard InChI is InChI=1S/C5H9NO4S/c7-3-1-11-2-4(8)5(3)6(9)10/h3-5,7-8H,1-2H2/t3-,4+,5?. The summed E-state index contributed by atoms with van der Waals surface area (Å²) in [6, 6.07) is -1.20. The van der Waals surface area contributed by atoms with Gasteiger partial charge in [-0.2, -0.15) is 11.8 Å². The highest BCUT2D eigenvalue weighted by Crippen LogP contribution is 2.20. The van der Waals surface area contributed by atoms with E-state index >= 15 is 0 Å². The second-order valence-electron chi connectivity index (χ2n) is 2.45. The van der Waals surface area contributed by atoms with Gasteiger partial charge in [0.25, 0.3) is 6.04 Å². The Kier molecular flexibility index (Phi) is 2.69. The van der Waals surface area contributed by atoms with Crippen molar-refractivity contribution in [3.63, 3.8) is 0 Å². The largest absolute Gasteiger partial charge is 0.385 e. The molecule has 1 aliphatic rings. The van der Waals surface area contributed by atoms with E-state index in [0.29, 0.717) is 11.5 Å². The van der Waals surface area contributed by atoms with Crippen molar-refractivity contribution in [3.8, 4) is 0 Å². The Morgan fingerprint density at radius 2 is 1.82 bits per heavy atom. The molecule has 5 nitrogen and oxygen atoms in total. The number of hydrogen-bond acceptors (Lipinski definition) is 5. The quantitative estimate of drug-likeness (QED) is 0.402. The van der Waals surface area contributed by atoms with Gasteiger partial charge in [-0.15, -0.1) is 0 Å². The van der Waals surface area contributed by atoms with Crippen LogP contribution in [0.2, 0.25) is 0 Å². The molecule has 2 N–H and O–H groups in total. The van der Waals surface area contributed by atoms with E-state index in [0.717, 1.165) is 0 Å². The van der Waals surface area contributed by atoms with Gasteiger partial charge in [0.15, 0.2) is 0 Å². The van der Waals surface area contributed by atoms with Crippen molar-refractivity contribution < 1.29 is 15.1 Å². The second kappa shape index (κ2) is 3.38. The highest BCUT2D eigenvalue weighted by atomic mass is 32.2. The zero-order valence-corrected chi connectivity index (χ0v) is 6.53. The fourth-order valence-corrected chi connectivity index (χ4v) is 2.06. The Labute approximate surface area is 67.6 Å². The van der Waals surface area contributed by atoms with E-state index in [1.165, 1.54) is 11.8 Å². The van der Waals surface area contributed by atoms with Gasteiger partial charge in [-0.05, 0) is 0 Å². The number of hydrogen-bond donors (Lipinski definition) is 2. The minimum Gasteiger partial charge on any atom is -0.385 e. The van der Waals surface area contributed by atoms with E-state index in [9.17, 15) is 10.1 Å². The molecule has 0 aromatic carbocycles. The molecular weight excluding hydrogens is 170 g/mol. The molecule has 0 aromatic rings. The number of thioether (sulfide) groups is 1. The SMILES string of the molecule is O=[N+]([O-])C1[C@H](O)CSC[C@@H]1O. The van der Waals surface area contributed by atoms with Gasteiger partial charge in [-0.25, -0.2) is 0 Å². The molecule has 0 spiro atoms. The molecule has 1 fully saturated rings. The predicted octanol–water partition coefficient (Wildman–Crippen LogP) is -0.900. The fourth-order valence-electron chi connectivity index (χ4n) is 1.04. The minimum absolute atomic E-state index is 0.336. The van der Waals surface area contributed by atoms with Crippen molar-refractivity contribution in [1.82, 2.24) is 0 Å². The molecule has 1 saturated heterocycles. The second-order valence-corrected chi connectivity index (χ2v) is 3.52. The van der Waals surface area contributed by atoms with Crippen LogP contribution in [-0.2, 0) is 0 Å². The Morgan fingerprint density at radius 1 is 1.36 bits per heavy atom. The highest BCUT2D eigenvalue weighted by molar-refractivity contribution is 7.99. The van der Waals surface area contributed by atoms with Crippen LogP contribution in [0.4, 0.5) is 0 Å². The van der Waals surface area contributed by atoms with E-state index < -0.39 is 23.2 Å². The Balaban J connectivity index is 2.62. The lowest BCUT2D eigenvalue weighted by molar-refractivity contribution is -0.544. The zero-order valence-electron chi connectivity index (χ0n) is 5.71. The summed E-state index contributed by atoms with van der Waals surface area (Å²) < 4.78 is 0. The molecule has 64 valence electrons. The summed E-state index contributed by atoms with van der Waals surface area (Å²) in [6.45, 7) is 0. The molecular formula is C5H9NO4S. The molecule has 0 bridgehead atoms. The first-order chi connectivity index (χ1) is 5.13. The van der Waals surface area contributed by atoms with Gasteiger partial charge in [0, 0.05) is 16.4 Å². The molecule has 1 rings (SSSR count). The molecule has 0 aromatic heterocycles. The highest BCUT2D eigenvalue weighted by Gasteiger charge is 2.40. The van der Waals surface area contributed by atoms with Crippen LogP contribution >= 0.6 is 11.8 Å². The number of nitro groups is 1. The number of aliphatic hydroxyl groups is 2. The molecule has 0 saturated carbocycles. The predicted molar refractivity (Wildman–Crippen MR) is 40.1 cm³/mol. The lowest BCUT2D eigenvalue weighted by Gasteiger charge is -2.24. The van der Waals surface area contributed by atoms with Crippen molar-refractivity contribution in [2.45, 2.75) is 18.2 Å². The number of nitrogens with zero attached hydrogens (tertiary/aromatic N) is 1. The van der Waals surface area contributed by atoms with Crippen molar-refractivity contribution in [2.75, 3.05) is 11.5 Å². The van der Waals surface area contributed by atoms with Gasteiger partial charge in [0.05, 0.1) is 0 Å². The molecule has 0 radical (unpaired) electrons. The van der Waals surface area contributed by atoms with Gasteiger partial charge in [-0.1, -0.05) is 0 Å². The molecule has 1 unspecified atom stereocenters. The van der Waals surface area contributed by atoms with Crippen LogP contribution in [0.25, 0.3) is 0 Å². The zero-order chi connectivity index (χ0) is 8.43. The summed E-state index contributed by atoms with van der Waals surface area (Å²) in [7, 11) is 0. The Hall–Kier alpha value is -0.330. The van der Waals surface area contributed by atoms with Gasteiger partial charge in [-0.3, -0.25) is 10.1 Å². The first kappa shape index (κ1) is 8.76. The first-order valence-corrected chi connectivity index (χ1v) is 4.35. The maximum absolute atomic E-state index is 10.3. The van der Waals surface area contributed by atoms with Crippen molar-refractivity contribution in [3.05, 3.63) is 10.1 Å². The summed E-state index contributed by atoms with van der Waals surface area (Å²) in [5.41, 5.74) is 0. The monoisotopic (exact) mass is 179 g/mol. The Morgan fingerprint density at radius 3 is 2.09 bits per heavy atom. The summed E-state index contributed by atoms with van der Waals surface area (Å²) in [5.74, 6) is 0.672. The molecule has 1 aliphatic heterocycles. The van der Waals surface area contributed by atoms with Crippen LogP contribution in [0.5, 0.6) is 0 Å². The topological polar surface area (TPSA) is 83.6 Å². The average molecular weight is 179 g/mol. The molecule has 0 amide bonds. The number of aliphatic hydroxyl groups excluding tert-OH is 2. The molecule has 0 aliphatic carbocycles. The van der Waals surface area contributed by atoms with Gasteiger partial charge >= 0.3 is 0 Å². The summed E-state index contributed by atoms with van der Waals surface area (Å²) in [6.07, 6.45) is -2.03. The third-order valence-electron chi connectivity index (χ3n) is 1.61. The first-order valence-electron chi connectivity index (χ1n) is 3.20. The van der Waals surface area contributed by atoms with Crippen LogP contribution in [-0.4, -0.2) is 44.9 Å². The van der Waals surface area contributed by atoms with E-state index in [-0.39, 0.29) is 0 Å². The third-order valence-corrected chi connectivity index (χ3v) is 2.76. The van der Waals surface area contributed by atoms with Gasteiger partial charge in [0.2, 0.25) is 0 Å². The smallest absolute Gasteiger partial charge is 0.265 e. The minimum atomic E-state index is -1.20. The van der Waals surface area contributed by atoms with Crippen LogP contribution in [0.1, 0.15) is 0 Å². The van der Waals surface area contributed by atoms with Crippen molar-refractivity contribution >= 4 is 11.8 Å². The normalized spacial score (nSPS) is 38.5. The maximum atomic E-state index is 10.3. The summed E-state index contributed by atoms with van der Waals surface area (Å²) in [4.78, 5) is 9.64. The van der Waals surface area contributed by atoms with E-state index in [2.05, 4.69) is 0 Å². The van der Waals surface area contributed by atoms with Crippen LogP contribution in [0, 0.1) is 10.1 Å². The summed E-state index contributed by atoms with van der Waals surface area (Å²) in [5, 5.41) is 28.4. The molecule has 3 atom stereocenters. The fraction of sp³-hybridized carbons (Fsp3) is 1.00. The number of rotatable bonds is 1. The molecule has 1 heterocycles. The van der Waals surface area contributed by atoms with Crippen molar-refractivity contribution in [2.24, 2.45) is 0 Å². The molecule has 6 heteroatoms. The van der Waals surface area contributed by atoms with E-state index in [1.807, 2.05) is 0 Å². The van der Waals surface area contributed by atoms with E-state index in [4.69, 9.17) is 10.2 Å². The Bertz CT molecular complexity index is 155. The lowest BCUT2D eigenvalue weighted by Crippen LogP contribution is -2.49. The lowest BCUT2D eigenvalue weighted by atomic mass is 10.1. The average Bonchev–Trinajstić information content (AvgIpc) is 1.85. The van der Waals surface area contributed by atoms with Crippen molar-refractivity contribution in [1.29, 1.82) is 0 Å². The van der Waals surface area contributed by atoms with Crippen LogP contribution in [0.3, 0.4) is 0 Å². The summed E-state index contributed by atoms with van der Waals surface area (Å²) >= 11 is 1.33. The van der Waals surface area contributed by atoms with Gasteiger partial charge in [0.1, 0.15) is 12.2 Å².